The molecule has 32 heavy (non-hydrogen) atoms. The van der Waals surface area contributed by atoms with Crippen LogP contribution in [0.1, 0.15) is 20.8 Å². The Balaban J connectivity index is 1.75. The van der Waals surface area contributed by atoms with E-state index in [0.717, 1.165) is 37.1 Å². The summed E-state index contributed by atoms with van der Waals surface area (Å²) in [6, 6.07) is 27.8. The average Bonchev–Trinajstić information content (AvgIpc) is 3.16. The van der Waals surface area contributed by atoms with E-state index in [1.807, 2.05) is 42.5 Å². The van der Waals surface area contributed by atoms with Gasteiger partial charge in [0.15, 0.2) is 0 Å². The number of pyridine rings is 1. The third-order valence-electron chi connectivity index (χ3n) is 5.44. The van der Waals surface area contributed by atoms with Crippen LogP contribution < -0.4 is 5.73 Å². The van der Waals surface area contributed by atoms with Crippen molar-refractivity contribution in [1.82, 2.24) is 4.98 Å². The van der Waals surface area contributed by atoms with Gasteiger partial charge in [0, 0.05) is 21.0 Å². The lowest BCUT2D eigenvalue weighted by atomic mass is 9.98. The van der Waals surface area contributed by atoms with Crippen LogP contribution in [0.15, 0.2) is 89.4 Å². The second kappa shape index (κ2) is 8.34. The third kappa shape index (κ3) is 3.74. The van der Waals surface area contributed by atoms with Crippen LogP contribution in [-0.2, 0) is 0 Å². The molecule has 5 aromatic rings. The van der Waals surface area contributed by atoms with E-state index in [-0.39, 0.29) is 5.78 Å². The van der Waals surface area contributed by atoms with Crippen LogP contribution in [-0.4, -0.2) is 10.8 Å². The van der Waals surface area contributed by atoms with Gasteiger partial charge in [-0.2, -0.15) is 0 Å². The molecule has 0 saturated heterocycles. The van der Waals surface area contributed by atoms with Gasteiger partial charge in [-0.3, -0.25) is 4.79 Å². The summed E-state index contributed by atoms with van der Waals surface area (Å²) in [5.41, 5.74) is 12.8. The number of aromatic nitrogens is 1. The number of ketones is 1. The molecule has 2 aromatic heterocycles. The molecule has 0 aliphatic heterocycles. The number of nitrogens with zero attached hydrogens (tertiary/aromatic N) is 1. The monoisotopic (exact) mass is 498 g/mol. The highest BCUT2D eigenvalue weighted by molar-refractivity contribution is 9.10. The van der Waals surface area contributed by atoms with E-state index in [9.17, 15) is 4.79 Å². The Labute approximate surface area is 198 Å². The van der Waals surface area contributed by atoms with Gasteiger partial charge in [0.1, 0.15) is 9.71 Å². The number of nitrogens with two attached hydrogens (primary N) is 1. The van der Waals surface area contributed by atoms with E-state index in [0.29, 0.717) is 16.1 Å². The zero-order valence-electron chi connectivity index (χ0n) is 17.3. The molecule has 5 heteroatoms. The molecule has 0 radical (unpaired) electrons. The van der Waals surface area contributed by atoms with Crippen LogP contribution >= 0.6 is 27.3 Å². The van der Waals surface area contributed by atoms with E-state index >= 15 is 0 Å². The molecule has 3 aromatic carbocycles. The summed E-state index contributed by atoms with van der Waals surface area (Å²) in [6.45, 7) is 2.06. The zero-order valence-corrected chi connectivity index (χ0v) is 19.7. The number of nitrogen functional groups attached to an aromatic ring is 1. The van der Waals surface area contributed by atoms with E-state index in [4.69, 9.17) is 10.7 Å². The molecule has 0 saturated carbocycles. The van der Waals surface area contributed by atoms with Gasteiger partial charge in [-0.15, -0.1) is 11.3 Å². The maximum atomic E-state index is 13.3. The van der Waals surface area contributed by atoms with E-state index in [2.05, 4.69) is 53.2 Å². The highest BCUT2D eigenvalue weighted by atomic mass is 79.9. The smallest absolute Gasteiger partial charge is 0.205 e. The molecular formula is C27H19BrN2OS. The zero-order chi connectivity index (χ0) is 22.2. The van der Waals surface area contributed by atoms with Crippen molar-refractivity contribution in [3.05, 3.63) is 105 Å². The van der Waals surface area contributed by atoms with E-state index in [1.54, 1.807) is 12.1 Å². The summed E-state index contributed by atoms with van der Waals surface area (Å²) in [4.78, 5) is 19.5. The lowest BCUT2D eigenvalue weighted by Crippen LogP contribution is -2.02. The SMILES string of the molecule is Cc1ccc(-c2cc(-c3ccccc3)nc3sc(C(=O)c4ccc(Br)cc4)c(N)c23)cc1. The number of aryl methyl sites for hydroxylation is 1. The van der Waals surface area contributed by atoms with Crippen LogP contribution in [0.4, 0.5) is 5.69 Å². The fourth-order valence-corrected chi connectivity index (χ4v) is 5.09. The predicted molar refractivity (Wildman–Crippen MR) is 137 cm³/mol. The molecule has 3 nitrogen and oxygen atoms in total. The molecule has 0 aliphatic rings. The average molecular weight is 499 g/mol. The van der Waals surface area contributed by atoms with Gasteiger partial charge in [0.2, 0.25) is 5.78 Å². The van der Waals surface area contributed by atoms with Crippen molar-refractivity contribution >= 4 is 49.0 Å². The summed E-state index contributed by atoms with van der Waals surface area (Å²) in [7, 11) is 0. The van der Waals surface area contributed by atoms with Crippen LogP contribution in [0, 0.1) is 6.92 Å². The van der Waals surface area contributed by atoms with Gasteiger partial charge in [0.05, 0.1) is 11.4 Å². The lowest BCUT2D eigenvalue weighted by Gasteiger charge is -2.09. The standard InChI is InChI=1S/C27H19BrN2OS/c1-16-7-9-17(10-8-16)21-15-22(18-5-3-2-4-6-18)30-27-23(21)24(29)26(32-27)25(31)19-11-13-20(28)14-12-19/h2-15H,29H2,1H3. The summed E-state index contributed by atoms with van der Waals surface area (Å²) in [5, 5.41) is 0.832. The van der Waals surface area contributed by atoms with Crippen molar-refractivity contribution in [2.24, 2.45) is 0 Å². The summed E-state index contributed by atoms with van der Waals surface area (Å²) >= 11 is 4.78. The van der Waals surface area contributed by atoms with Crippen molar-refractivity contribution in [1.29, 1.82) is 0 Å². The molecule has 156 valence electrons. The van der Waals surface area contributed by atoms with E-state index in [1.165, 1.54) is 16.9 Å². The Morgan fingerprint density at radius 1 is 0.906 bits per heavy atom. The molecule has 0 aliphatic carbocycles. The summed E-state index contributed by atoms with van der Waals surface area (Å²) in [5.74, 6) is -0.0888. The van der Waals surface area contributed by atoms with Crippen molar-refractivity contribution < 1.29 is 4.79 Å². The molecular weight excluding hydrogens is 480 g/mol. The number of anilines is 1. The lowest BCUT2D eigenvalue weighted by molar-refractivity contribution is 0.104. The third-order valence-corrected chi connectivity index (χ3v) is 7.07. The molecule has 0 fully saturated rings. The molecule has 0 unspecified atom stereocenters. The maximum absolute atomic E-state index is 13.3. The quantitative estimate of drug-likeness (QED) is 0.260. The number of thiophene rings is 1. The number of fused-ring (bicyclic) bond motifs is 1. The Hall–Kier alpha value is -3.28. The number of rotatable bonds is 4. The van der Waals surface area contributed by atoms with Gasteiger partial charge in [-0.05, 0) is 48.4 Å². The van der Waals surface area contributed by atoms with Crippen LogP contribution in [0.5, 0.6) is 0 Å². The normalized spacial score (nSPS) is 11.1. The number of carbonyl (C=O) groups is 1. The van der Waals surface area contributed by atoms with Gasteiger partial charge in [0.25, 0.3) is 0 Å². The highest BCUT2D eigenvalue weighted by Gasteiger charge is 2.22. The summed E-state index contributed by atoms with van der Waals surface area (Å²) in [6.07, 6.45) is 0. The number of hydrogen-bond donors (Lipinski definition) is 1. The van der Waals surface area contributed by atoms with Gasteiger partial charge < -0.3 is 5.73 Å². The fraction of sp³-hybridized carbons (Fsp3) is 0.0370. The van der Waals surface area contributed by atoms with E-state index < -0.39 is 0 Å². The molecule has 0 bridgehead atoms. The highest BCUT2D eigenvalue weighted by Crippen LogP contribution is 2.42. The van der Waals surface area contributed by atoms with Crippen LogP contribution in [0.3, 0.4) is 0 Å². The minimum Gasteiger partial charge on any atom is -0.397 e. The number of halogens is 1. The van der Waals surface area contributed by atoms with Crippen molar-refractivity contribution in [3.8, 4) is 22.4 Å². The van der Waals surface area contributed by atoms with Gasteiger partial charge in [-0.1, -0.05) is 76.1 Å². The Morgan fingerprint density at radius 2 is 1.59 bits per heavy atom. The number of carbonyl (C=O) groups excluding carboxylic acids is 1. The van der Waals surface area contributed by atoms with Crippen LogP contribution in [0.2, 0.25) is 0 Å². The number of hydrogen-bond acceptors (Lipinski definition) is 4. The molecule has 2 heterocycles. The molecule has 0 amide bonds. The first-order chi connectivity index (χ1) is 15.5. The first kappa shape index (κ1) is 20.6. The number of benzene rings is 3. The topological polar surface area (TPSA) is 56.0 Å². The fourth-order valence-electron chi connectivity index (χ4n) is 3.74. The molecule has 5 rings (SSSR count). The molecule has 0 atom stereocenters. The Bertz CT molecular complexity index is 1440. The van der Waals surface area contributed by atoms with Crippen molar-refractivity contribution in [2.45, 2.75) is 6.92 Å². The molecule has 0 spiro atoms. The van der Waals surface area contributed by atoms with Crippen molar-refractivity contribution in [2.75, 3.05) is 5.73 Å². The van der Waals surface area contributed by atoms with Crippen LogP contribution in [0.25, 0.3) is 32.6 Å². The minimum absolute atomic E-state index is 0.0888. The Kier molecular flexibility index (Phi) is 5.37. The maximum Gasteiger partial charge on any atom is 0.205 e. The first-order valence-electron chi connectivity index (χ1n) is 10.2. The largest absolute Gasteiger partial charge is 0.397 e. The first-order valence-corrected chi connectivity index (χ1v) is 11.8. The summed E-state index contributed by atoms with van der Waals surface area (Å²) < 4.78 is 0.925. The Morgan fingerprint density at radius 3 is 2.28 bits per heavy atom. The second-order valence-electron chi connectivity index (χ2n) is 7.65. The van der Waals surface area contributed by atoms with Gasteiger partial charge in [-0.25, -0.2) is 4.98 Å². The second-order valence-corrected chi connectivity index (χ2v) is 9.56. The predicted octanol–water partition coefficient (Wildman–Crippen LogP) is 7.51. The minimum atomic E-state index is -0.0888. The van der Waals surface area contributed by atoms with Gasteiger partial charge >= 0.3 is 0 Å². The van der Waals surface area contributed by atoms with Crippen molar-refractivity contribution in [3.63, 3.8) is 0 Å². The molecule has 2 N–H and O–H groups in total.